The first kappa shape index (κ1) is 15.2. The van der Waals surface area contributed by atoms with Gasteiger partial charge in [0.25, 0.3) is 0 Å². The van der Waals surface area contributed by atoms with Crippen molar-refractivity contribution in [2.24, 2.45) is 0 Å². The second-order valence-electron chi connectivity index (χ2n) is 6.44. The van der Waals surface area contributed by atoms with Crippen LogP contribution in [0, 0.1) is 6.92 Å². The maximum Gasteiger partial charge on any atom is 0.127 e. The molecule has 2 nitrogen and oxygen atoms in total. The summed E-state index contributed by atoms with van der Waals surface area (Å²) in [4.78, 5) is 10.2. The lowest BCUT2D eigenvalue weighted by atomic mass is 9.91. The third-order valence-electron chi connectivity index (χ3n) is 4.79. The van der Waals surface area contributed by atoms with E-state index in [-0.39, 0.29) is 0 Å². The Morgan fingerprint density at radius 3 is 2.50 bits per heavy atom. The maximum absolute atomic E-state index is 4.70. The Morgan fingerprint density at radius 2 is 1.62 bits per heavy atom. The van der Waals surface area contributed by atoms with E-state index in [1.165, 1.54) is 33.0 Å². The first-order valence-corrected chi connectivity index (χ1v) is 9.46. The Labute approximate surface area is 155 Å². The van der Waals surface area contributed by atoms with Gasteiger partial charge in [0, 0.05) is 10.9 Å². The van der Waals surface area contributed by atoms with Crippen LogP contribution < -0.4 is 0 Å². The normalized spacial score (nSPS) is 11.3. The van der Waals surface area contributed by atoms with Gasteiger partial charge in [-0.05, 0) is 40.3 Å². The van der Waals surface area contributed by atoms with Gasteiger partial charge in [0.1, 0.15) is 11.2 Å². The minimum absolute atomic E-state index is 1.00. The Hall–Kier alpha value is -3.04. The minimum atomic E-state index is 1.00. The van der Waals surface area contributed by atoms with Crippen molar-refractivity contribution in [3.8, 4) is 22.4 Å². The minimum Gasteiger partial charge on any atom is -0.236 e. The molecule has 5 aromatic rings. The summed E-state index contributed by atoms with van der Waals surface area (Å²) in [5.74, 6) is 0. The van der Waals surface area contributed by atoms with E-state index in [2.05, 4.69) is 84.0 Å². The molecule has 0 aliphatic carbocycles. The second-order valence-corrected chi connectivity index (χ2v) is 7.33. The number of aryl methyl sites for hydroxylation is 1. The molecule has 124 valence electrons. The Bertz CT molecular complexity index is 1240. The van der Waals surface area contributed by atoms with Gasteiger partial charge in [-0.25, -0.2) is 9.97 Å². The number of fused-ring (bicyclic) bond motifs is 2. The molecule has 0 atom stereocenters. The van der Waals surface area contributed by atoms with E-state index in [1.807, 2.05) is 0 Å². The van der Waals surface area contributed by atoms with Crippen molar-refractivity contribution in [2.45, 2.75) is 6.92 Å². The molecule has 5 rings (SSSR count). The fourth-order valence-corrected chi connectivity index (χ4v) is 4.22. The first-order valence-electron chi connectivity index (χ1n) is 8.58. The molecule has 0 amide bonds. The molecule has 0 saturated carbocycles. The molecule has 2 aromatic heterocycles. The average Bonchev–Trinajstić information content (AvgIpc) is 3.17. The van der Waals surface area contributed by atoms with Crippen LogP contribution in [0.4, 0.5) is 0 Å². The van der Waals surface area contributed by atoms with E-state index in [9.17, 15) is 0 Å². The van der Waals surface area contributed by atoms with Crippen molar-refractivity contribution in [3.05, 3.63) is 84.0 Å². The van der Waals surface area contributed by atoms with Gasteiger partial charge in [-0.1, -0.05) is 66.2 Å². The summed E-state index contributed by atoms with van der Waals surface area (Å²) in [6, 6.07) is 23.7. The number of aromatic nitrogens is 2. The van der Waals surface area contributed by atoms with Crippen LogP contribution in [-0.4, -0.2) is 9.97 Å². The average molecular weight is 352 g/mol. The Kier molecular flexibility index (Phi) is 3.54. The molecule has 0 saturated heterocycles. The summed E-state index contributed by atoms with van der Waals surface area (Å²) in [6.07, 6.45) is 1.68. The van der Waals surface area contributed by atoms with E-state index in [0.717, 1.165) is 15.9 Å². The number of nitrogens with zero attached hydrogens (tertiary/aromatic N) is 2. The quantitative estimate of drug-likeness (QED) is 0.363. The molecule has 0 N–H and O–H groups in total. The standard InChI is InChI=1S/C23H16N2S/c1-15-6-8-17(9-7-15)19-11-10-16-4-2-3-5-18(16)21(19)22-20-12-13-26-23(20)25-14-24-22/h2-14H,1H3. The molecule has 0 aliphatic rings. The lowest BCUT2D eigenvalue weighted by Crippen LogP contribution is -1.92. The molecular weight excluding hydrogens is 336 g/mol. The summed E-state index contributed by atoms with van der Waals surface area (Å²) < 4.78 is 0. The van der Waals surface area contributed by atoms with Crippen LogP contribution in [0.15, 0.2) is 78.4 Å². The maximum atomic E-state index is 4.70. The van der Waals surface area contributed by atoms with Gasteiger partial charge < -0.3 is 0 Å². The van der Waals surface area contributed by atoms with Crippen molar-refractivity contribution >= 4 is 32.3 Å². The number of rotatable bonds is 2. The molecular formula is C23H16N2S. The SMILES string of the molecule is Cc1ccc(-c2ccc3ccccc3c2-c2ncnc3sccc23)cc1. The predicted molar refractivity (Wildman–Crippen MR) is 111 cm³/mol. The van der Waals surface area contributed by atoms with Crippen LogP contribution in [0.1, 0.15) is 5.56 Å². The molecule has 3 aromatic carbocycles. The van der Waals surface area contributed by atoms with Gasteiger partial charge in [-0.3, -0.25) is 0 Å². The lowest BCUT2D eigenvalue weighted by Gasteiger charge is -2.14. The summed E-state index contributed by atoms with van der Waals surface area (Å²) in [5.41, 5.74) is 5.85. The second kappa shape index (κ2) is 6.04. The van der Waals surface area contributed by atoms with E-state index < -0.39 is 0 Å². The highest BCUT2D eigenvalue weighted by Gasteiger charge is 2.16. The summed E-state index contributed by atoms with van der Waals surface area (Å²) >= 11 is 1.65. The smallest absolute Gasteiger partial charge is 0.127 e. The van der Waals surface area contributed by atoms with Crippen LogP contribution in [0.2, 0.25) is 0 Å². The van der Waals surface area contributed by atoms with Crippen molar-refractivity contribution in [3.63, 3.8) is 0 Å². The number of thiophene rings is 1. The summed E-state index contributed by atoms with van der Waals surface area (Å²) in [5, 5.41) is 5.64. The molecule has 0 radical (unpaired) electrons. The highest BCUT2D eigenvalue weighted by molar-refractivity contribution is 7.16. The zero-order valence-electron chi connectivity index (χ0n) is 14.3. The number of hydrogen-bond donors (Lipinski definition) is 0. The molecule has 0 spiro atoms. The lowest BCUT2D eigenvalue weighted by molar-refractivity contribution is 1.24. The summed E-state index contributed by atoms with van der Waals surface area (Å²) in [6.45, 7) is 2.12. The van der Waals surface area contributed by atoms with Crippen molar-refractivity contribution in [1.29, 1.82) is 0 Å². The zero-order valence-corrected chi connectivity index (χ0v) is 15.1. The van der Waals surface area contributed by atoms with Gasteiger partial charge >= 0.3 is 0 Å². The Balaban J connectivity index is 1.91. The molecule has 0 unspecified atom stereocenters. The van der Waals surface area contributed by atoms with E-state index in [4.69, 9.17) is 4.98 Å². The largest absolute Gasteiger partial charge is 0.236 e. The Morgan fingerprint density at radius 1 is 0.769 bits per heavy atom. The van der Waals surface area contributed by atoms with Crippen LogP contribution in [0.25, 0.3) is 43.4 Å². The fraction of sp³-hybridized carbons (Fsp3) is 0.0435. The van der Waals surface area contributed by atoms with Crippen molar-refractivity contribution < 1.29 is 0 Å². The monoisotopic (exact) mass is 352 g/mol. The van der Waals surface area contributed by atoms with E-state index in [0.29, 0.717) is 0 Å². The van der Waals surface area contributed by atoms with Gasteiger partial charge in [0.15, 0.2) is 0 Å². The molecule has 3 heteroatoms. The first-order chi connectivity index (χ1) is 12.8. The van der Waals surface area contributed by atoms with Crippen LogP contribution in [0.5, 0.6) is 0 Å². The van der Waals surface area contributed by atoms with Crippen LogP contribution in [0.3, 0.4) is 0 Å². The van der Waals surface area contributed by atoms with Gasteiger partial charge in [0.2, 0.25) is 0 Å². The van der Waals surface area contributed by atoms with Crippen molar-refractivity contribution in [1.82, 2.24) is 9.97 Å². The molecule has 2 heterocycles. The topological polar surface area (TPSA) is 25.8 Å². The number of hydrogen-bond acceptors (Lipinski definition) is 3. The third kappa shape index (κ3) is 2.40. The van der Waals surface area contributed by atoms with Crippen molar-refractivity contribution in [2.75, 3.05) is 0 Å². The van der Waals surface area contributed by atoms with Gasteiger partial charge in [-0.15, -0.1) is 11.3 Å². The van der Waals surface area contributed by atoms with Crippen LogP contribution >= 0.6 is 11.3 Å². The van der Waals surface area contributed by atoms with Gasteiger partial charge in [0.05, 0.1) is 5.69 Å². The third-order valence-corrected chi connectivity index (χ3v) is 5.61. The highest BCUT2D eigenvalue weighted by Crippen LogP contribution is 2.40. The van der Waals surface area contributed by atoms with Crippen LogP contribution in [-0.2, 0) is 0 Å². The van der Waals surface area contributed by atoms with E-state index >= 15 is 0 Å². The molecule has 26 heavy (non-hydrogen) atoms. The molecule has 0 bridgehead atoms. The highest BCUT2D eigenvalue weighted by atomic mass is 32.1. The zero-order chi connectivity index (χ0) is 17.5. The predicted octanol–water partition coefficient (Wildman–Crippen LogP) is 6.49. The van der Waals surface area contributed by atoms with E-state index in [1.54, 1.807) is 17.7 Å². The fourth-order valence-electron chi connectivity index (χ4n) is 3.49. The number of benzene rings is 3. The summed E-state index contributed by atoms with van der Waals surface area (Å²) in [7, 11) is 0. The molecule has 0 fully saturated rings. The van der Waals surface area contributed by atoms with Gasteiger partial charge in [-0.2, -0.15) is 0 Å². The molecule has 0 aliphatic heterocycles.